The number of carbonyl (C=O) groups is 1. The lowest BCUT2D eigenvalue weighted by Gasteiger charge is -2.05. The van der Waals surface area contributed by atoms with Crippen LogP contribution in [0.5, 0.6) is 5.75 Å². The van der Waals surface area contributed by atoms with Gasteiger partial charge >= 0.3 is 0 Å². The molecule has 4 nitrogen and oxygen atoms in total. The van der Waals surface area contributed by atoms with Gasteiger partial charge in [0, 0.05) is 11.6 Å². The SMILES string of the molecule is CC1CC1NC(=O)c1ccc(N)c(O)c1. The minimum atomic E-state index is -0.153. The first-order valence-corrected chi connectivity index (χ1v) is 4.97. The van der Waals surface area contributed by atoms with Crippen LogP contribution in [-0.2, 0) is 0 Å². The van der Waals surface area contributed by atoms with Gasteiger partial charge in [0.1, 0.15) is 5.75 Å². The lowest BCUT2D eigenvalue weighted by molar-refractivity contribution is 0.0949. The predicted octanol–water partition coefficient (Wildman–Crippen LogP) is 1.11. The van der Waals surface area contributed by atoms with Crippen molar-refractivity contribution < 1.29 is 9.90 Å². The second kappa shape index (κ2) is 3.46. The Bertz CT molecular complexity index is 404. The Morgan fingerprint density at radius 3 is 2.80 bits per heavy atom. The molecule has 0 heterocycles. The molecular formula is C11H14N2O2. The van der Waals surface area contributed by atoms with Crippen molar-refractivity contribution in [2.75, 3.05) is 5.73 Å². The van der Waals surface area contributed by atoms with Gasteiger partial charge in [0.25, 0.3) is 5.91 Å². The van der Waals surface area contributed by atoms with Crippen LogP contribution in [0.2, 0.25) is 0 Å². The Labute approximate surface area is 88.1 Å². The van der Waals surface area contributed by atoms with E-state index in [0.717, 1.165) is 6.42 Å². The maximum Gasteiger partial charge on any atom is 0.251 e. The molecular weight excluding hydrogens is 192 g/mol. The van der Waals surface area contributed by atoms with E-state index in [-0.39, 0.29) is 23.4 Å². The van der Waals surface area contributed by atoms with E-state index in [0.29, 0.717) is 11.5 Å². The van der Waals surface area contributed by atoms with Gasteiger partial charge in [-0.2, -0.15) is 0 Å². The van der Waals surface area contributed by atoms with Crippen LogP contribution in [-0.4, -0.2) is 17.1 Å². The number of nitrogen functional groups attached to an aromatic ring is 1. The molecule has 1 fully saturated rings. The molecule has 80 valence electrons. The summed E-state index contributed by atoms with van der Waals surface area (Å²) in [6, 6.07) is 4.81. The van der Waals surface area contributed by atoms with Crippen molar-refractivity contribution >= 4 is 11.6 Å². The summed E-state index contributed by atoms with van der Waals surface area (Å²) in [5.41, 5.74) is 6.17. The number of nitrogens with two attached hydrogens (primary N) is 1. The molecule has 0 saturated heterocycles. The van der Waals surface area contributed by atoms with Gasteiger partial charge in [-0.05, 0) is 30.5 Å². The molecule has 0 aliphatic heterocycles. The Morgan fingerprint density at radius 2 is 2.27 bits per heavy atom. The molecule has 2 rings (SSSR count). The Morgan fingerprint density at radius 1 is 1.60 bits per heavy atom. The van der Waals surface area contributed by atoms with Gasteiger partial charge in [0.05, 0.1) is 5.69 Å². The molecule has 15 heavy (non-hydrogen) atoms. The number of benzene rings is 1. The van der Waals surface area contributed by atoms with Crippen molar-refractivity contribution in [3.8, 4) is 5.75 Å². The summed E-state index contributed by atoms with van der Waals surface area (Å²) in [5, 5.41) is 12.2. The van der Waals surface area contributed by atoms with E-state index in [1.54, 1.807) is 6.07 Å². The van der Waals surface area contributed by atoms with Crippen molar-refractivity contribution in [2.45, 2.75) is 19.4 Å². The van der Waals surface area contributed by atoms with Crippen LogP contribution in [0.3, 0.4) is 0 Å². The Balaban J connectivity index is 2.08. The first-order chi connectivity index (χ1) is 7.08. The van der Waals surface area contributed by atoms with Crippen molar-refractivity contribution in [3.63, 3.8) is 0 Å². The van der Waals surface area contributed by atoms with E-state index < -0.39 is 0 Å². The zero-order valence-electron chi connectivity index (χ0n) is 8.53. The maximum atomic E-state index is 11.6. The molecule has 1 amide bonds. The highest BCUT2D eigenvalue weighted by atomic mass is 16.3. The molecule has 1 aliphatic rings. The highest BCUT2D eigenvalue weighted by molar-refractivity contribution is 5.95. The molecule has 4 N–H and O–H groups in total. The zero-order valence-corrected chi connectivity index (χ0v) is 8.53. The third-order valence-corrected chi connectivity index (χ3v) is 2.72. The lowest BCUT2D eigenvalue weighted by Crippen LogP contribution is -2.26. The van der Waals surface area contributed by atoms with E-state index in [1.165, 1.54) is 12.1 Å². The summed E-state index contributed by atoms with van der Waals surface area (Å²) < 4.78 is 0. The van der Waals surface area contributed by atoms with E-state index in [9.17, 15) is 9.90 Å². The molecule has 0 bridgehead atoms. The van der Waals surface area contributed by atoms with Crippen LogP contribution < -0.4 is 11.1 Å². The molecule has 1 aliphatic carbocycles. The van der Waals surface area contributed by atoms with Gasteiger partial charge < -0.3 is 16.2 Å². The van der Waals surface area contributed by atoms with Crippen LogP contribution in [0.4, 0.5) is 5.69 Å². The molecule has 0 radical (unpaired) electrons. The van der Waals surface area contributed by atoms with Crippen LogP contribution in [0.1, 0.15) is 23.7 Å². The third kappa shape index (κ3) is 2.03. The second-order valence-electron chi connectivity index (χ2n) is 4.07. The Kier molecular flexibility index (Phi) is 2.26. The molecule has 1 aromatic carbocycles. The third-order valence-electron chi connectivity index (χ3n) is 2.72. The summed E-state index contributed by atoms with van der Waals surface area (Å²) in [6.45, 7) is 2.09. The minimum absolute atomic E-state index is 0.0495. The largest absolute Gasteiger partial charge is 0.506 e. The summed E-state index contributed by atoms with van der Waals surface area (Å²) in [4.78, 5) is 11.6. The number of phenols is 1. The van der Waals surface area contributed by atoms with E-state index >= 15 is 0 Å². The molecule has 1 saturated carbocycles. The molecule has 2 atom stereocenters. The number of nitrogens with one attached hydrogen (secondary N) is 1. The normalized spacial score (nSPS) is 23.5. The van der Waals surface area contributed by atoms with Gasteiger partial charge in [-0.15, -0.1) is 0 Å². The average molecular weight is 206 g/mol. The summed E-state index contributed by atoms with van der Waals surface area (Å²) in [5.74, 6) is 0.363. The molecule has 1 aromatic rings. The first kappa shape index (κ1) is 9.83. The second-order valence-corrected chi connectivity index (χ2v) is 4.07. The minimum Gasteiger partial charge on any atom is -0.506 e. The topological polar surface area (TPSA) is 75.4 Å². The summed E-state index contributed by atoms with van der Waals surface area (Å²) in [7, 11) is 0. The number of carbonyl (C=O) groups excluding carboxylic acids is 1. The zero-order chi connectivity index (χ0) is 11.0. The fourth-order valence-corrected chi connectivity index (χ4v) is 1.46. The highest BCUT2D eigenvalue weighted by Crippen LogP contribution is 2.29. The van der Waals surface area contributed by atoms with Gasteiger partial charge in [-0.25, -0.2) is 0 Å². The van der Waals surface area contributed by atoms with Gasteiger partial charge in [-0.1, -0.05) is 6.92 Å². The number of anilines is 1. The van der Waals surface area contributed by atoms with Gasteiger partial charge in [0.2, 0.25) is 0 Å². The highest BCUT2D eigenvalue weighted by Gasteiger charge is 2.33. The standard InChI is InChI=1S/C11H14N2O2/c1-6-4-9(6)13-11(15)7-2-3-8(12)10(14)5-7/h2-3,5-6,9,14H,4,12H2,1H3,(H,13,15). The summed E-state index contributed by atoms with van der Waals surface area (Å²) in [6.07, 6.45) is 1.03. The molecule has 0 spiro atoms. The van der Waals surface area contributed by atoms with E-state index in [4.69, 9.17) is 5.73 Å². The first-order valence-electron chi connectivity index (χ1n) is 4.97. The fraction of sp³-hybridized carbons (Fsp3) is 0.364. The van der Waals surface area contributed by atoms with Gasteiger partial charge in [-0.3, -0.25) is 4.79 Å². The van der Waals surface area contributed by atoms with Crippen molar-refractivity contribution in [3.05, 3.63) is 23.8 Å². The van der Waals surface area contributed by atoms with Crippen molar-refractivity contribution in [2.24, 2.45) is 5.92 Å². The smallest absolute Gasteiger partial charge is 0.251 e. The number of hydrogen-bond acceptors (Lipinski definition) is 3. The molecule has 0 aromatic heterocycles. The van der Waals surface area contributed by atoms with Crippen molar-refractivity contribution in [1.29, 1.82) is 0 Å². The molecule has 4 heteroatoms. The quantitative estimate of drug-likeness (QED) is 0.501. The van der Waals surface area contributed by atoms with Crippen LogP contribution in [0.15, 0.2) is 18.2 Å². The van der Waals surface area contributed by atoms with Crippen LogP contribution >= 0.6 is 0 Å². The van der Waals surface area contributed by atoms with Crippen molar-refractivity contribution in [1.82, 2.24) is 5.32 Å². The number of aromatic hydroxyl groups is 1. The van der Waals surface area contributed by atoms with Crippen LogP contribution in [0.25, 0.3) is 0 Å². The number of hydrogen-bond donors (Lipinski definition) is 3. The molecule has 2 unspecified atom stereocenters. The fourth-order valence-electron chi connectivity index (χ4n) is 1.46. The maximum absolute atomic E-state index is 11.6. The Hall–Kier alpha value is -1.71. The average Bonchev–Trinajstić information content (AvgIpc) is 2.86. The van der Waals surface area contributed by atoms with Crippen LogP contribution in [0, 0.1) is 5.92 Å². The summed E-state index contributed by atoms with van der Waals surface area (Å²) >= 11 is 0. The lowest BCUT2D eigenvalue weighted by atomic mass is 10.2. The number of rotatable bonds is 2. The number of amides is 1. The predicted molar refractivity (Wildman–Crippen MR) is 57.6 cm³/mol. The van der Waals surface area contributed by atoms with E-state index in [1.807, 2.05) is 0 Å². The van der Waals surface area contributed by atoms with Gasteiger partial charge in [0.15, 0.2) is 0 Å². The monoisotopic (exact) mass is 206 g/mol. The van der Waals surface area contributed by atoms with E-state index in [2.05, 4.69) is 12.2 Å². The number of phenolic OH excluding ortho intramolecular Hbond substituents is 1.